The Morgan fingerprint density at radius 3 is 2.70 bits per heavy atom. The average Bonchev–Trinajstić information content (AvgIpc) is 3.07. The number of benzene rings is 1. The maximum Gasteiger partial charge on any atom is 0.160 e. The Balaban J connectivity index is 1.67. The molecular weight excluding hydrogens is 392 g/mol. The first-order chi connectivity index (χ1) is 13.0. The van der Waals surface area contributed by atoms with Gasteiger partial charge in [-0.25, -0.2) is 4.98 Å². The summed E-state index contributed by atoms with van der Waals surface area (Å²) in [6, 6.07) is 5.20. The summed E-state index contributed by atoms with van der Waals surface area (Å²) in [5.41, 5.74) is 1.98. The van der Waals surface area contributed by atoms with Crippen LogP contribution >= 0.6 is 23.2 Å². The first-order valence-corrected chi connectivity index (χ1v) is 9.33. The summed E-state index contributed by atoms with van der Waals surface area (Å²) < 4.78 is 13.9. The Labute approximate surface area is 166 Å². The molecule has 3 rings (SSSR count). The van der Waals surface area contributed by atoms with E-state index >= 15 is 0 Å². The average molecular weight is 412 g/mol. The van der Waals surface area contributed by atoms with Gasteiger partial charge in [-0.1, -0.05) is 28.4 Å². The molecule has 0 saturated carbocycles. The van der Waals surface area contributed by atoms with Crippen LogP contribution < -0.4 is 0 Å². The number of unbranched alkanes of at least 4 members (excludes halogenated alkanes) is 1. The number of aryl methyl sites for hydroxylation is 1. The van der Waals surface area contributed by atoms with E-state index in [9.17, 15) is 9.50 Å². The van der Waals surface area contributed by atoms with Gasteiger partial charge in [0.25, 0.3) is 0 Å². The number of fused-ring (bicyclic) bond motifs is 1. The van der Waals surface area contributed by atoms with E-state index < -0.39 is 0 Å². The summed E-state index contributed by atoms with van der Waals surface area (Å²) in [4.78, 5) is 6.53. The molecule has 0 radical (unpaired) electrons. The van der Waals surface area contributed by atoms with Crippen molar-refractivity contribution in [1.29, 1.82) is 0 Å². The molecule has 144 valence electrons. The first-order valence-electron chi connectivity index (χ1n) is 8.58. The van der Waals surface area contributed by atoms with Gasteiger partial charge in [-0.05, 0) is 38.1 Å². The van der Waals surface area contributed by atoms with Crippen LogP contribution in [0.3, 0.4) is 0 Å². The number of halogens is 3. The second-order valence-corrected chi connectivity index (χ2v) is 7.24. The van der Waals surface area contributed by atoms with Crippen molar-refractivity contribution in [1.82, 2.24) is 24.9 Å². The minimum absolute atomic E-state index is 0.0724. The minimum Gasteiger partial charge on any atom is -0.504 e. The van der Waals surface area contributed by atoms with E-state index in [-0.39, 0.29) is 17.4 Å². The number of hydrogen-bond donors (Lipinski definition) is 1. The number of alkyl halides is 1. The SMILES string of the molecule is CN(Cc1cn(CCCCF)nn1)Cc1ccc2c(Cl)cc(Cl)c(O)c2n1. The second kappa shape index (κ2) is 8.82. The topological polar surface area (TPSA) is 67.1 Å². The molecule has 0 saturated heterocycles. The molecule has 0 unspecified atom stereocenters. The maximum absolute atomic E-state index is 12.2. The summed E-state index contributed by atoms with van der Waals surface area (Å²) in [6.07, 6.45) is 3.14. The fraction of sp³-hybridized carbons (Fsp3) is 0.389. The molecule has 6 nitrogen and oxygen atoms in total. The Morgan fingerprint density at radius 2 is 1.93 bits per heavy atom. The molecule has 0 spiro atoms. The van der Waals surface area contributed by atoms with Crippen LogP contribution in [0.4, 0.5) is 4.39 Å². The summed E-state index contributed by atoms with van der Waals surface area (Å²) in [5.74, 6) is -0.0724. The first kappa shape index (κ1) is 19.8. The van der Waals surface area contributed by atoms with E-state index in [2.05, 4.69) is 15.3 Å². The zero-order chi connectivity index (χ0) is 19.4. The van der Waals surface area contributed by atoms with Gasteiger partial charge in [0.2, 0.25) is 0 Å². The molecule has 0 aliphatic carbocycles. The molecule has 0 aliphatic rings. The molecule has 0 fully saturated rings. The zero-order valence-electron chi connectivity index (χ0n) is 14.9. The van der Waals surface area contributed by atoms with Gasteiger partial charge in [0.1, 0.15) is 5.52 Å². The van der Waals surface area contributed by atoms with Crippen molar-refractivity contribution in [3.05, 3.63) is 45.8 Å². The van der Waals surface area contributed by atoms with Gasteiger partial charge in [-0.3, -0.25) is 14.0 Å². The lowest BCUT2D eigenvalue weighted by molar-refractivity contribution is 0.311. The molecule has 2 heterocycles. The Bertz CT molecular complexity index is 934. The summed E-state index contributed by atoms with van der Waals surface area (Å²) in [6.45, 7) is 1.49. The highest BCUT2D eigenvalue weighted by atomic mass is 35.5. The van der Waals surface area contributed by atoms with E-state index in [1.54, 1.807) is 4.68 Å². The quantitative estimate of drug-likeness (QED) is 0.562. The van der Waals surface area contributed by atoms with Crippen molar-refractivity contribution < 1.29 is 9.50 Å². The molecule has 0 aliphatic heterocycles. The van der Waals surface area contributed by atoms with Crippen molar-refractivity contribution in [2.45, 2.75) is 32.5 Å². The minimum atomic E-state index is -0.310. The molecule has 0 bridgehead atoms. The van der Waals surface area contributed by atoms with E-state index in [4.69, 9.17) is 23.2 Å². The van der Waals surface area contributed by atoms with Gasteiger partial charge >= 0.3 is 0 Å². The summed E-state index contributed by atoms with van der Waals surface area (Å²) in [5, 5.41) is 19.6. The maximum atomic E-state index is 12.2. The number of nitrogens with zero attached hydrogens (tertiary/aromatic N) is 5. The van der Waals surface area contributed by atoms with Gasteiger partial charge in [-0.15, -0.1) is 5.10 Å². The lowest BCUT2D eigenvalue weighted by Gasteiger charge is -2.15. The summed E-state index contributed by atoms with van der Waals surface area (Å²) in [7, 11) is 1.94. The molecule has 27 heavy (non-hydrogen) atoms. The van der Waals surface area contributed by atoms with Crippen LogP contribution in [-0.2, 0) is 19.6 Å². The van der Waals surface area contributed by atoms with Gasteiger partial charge < -0.3 is 5.11 Å². The van der Waals surface area contributed by atoms with Gasteiger partial charge in [-0.2, -0.15) is 0 Å². The highest BCUT2D eigenvalue weighted by Crippen LogP contribution is 2.36. The highest BCUT2D eigenvalue weighted by molar-refractivity contribution is 6.39. The van der Waals surface area contributed by atoms with E-state index in [0.29, 0.717) is 42.0 Å². The van der Waals surface area contributed by atoms with Crippen LogP contribution in [0.2, 0.25) is 10.0 Å². The largest absolute Gasteiger partial charge is 0.504 e. The van der Waals surface area contributed by atoms with Crippen molar-refractivity contribution >= 4 is 34.1 Å². The predicted octanol–water partition coefficient (Wildman–Crippen LogP) is 4.22. The number of phenolic OH excluding ortho intramolecular Hbond substituents is 1. The molecule has 0 atom stereocenters. The fourth-order valence-electron chi connectivity index (χ4n) is 2.83. The number of aromatic nitrogens is 4. The molecule has 2 aromatic heterocycles. The van der Waals surface area contributed by atoms with Crippen LogP contribution in [0.5, 0.6) is 5.75 Å². The van der Waals surface area contributed by atoms with E-state index in [1.165, 1.54) is 6.07 Å². The number of phenols is 1. The van der Waals surface area contributed by atoms with Crippen LogP contribution in [-0.4, -0.2) is 43.7 Å². The Kier molecular flexibility index (Phi) is 6.46. The monoisotopic (exact) mass is 411 g/mol. The predicted molar refractivity (Wildman–Crippen MR) is 104 cm³/mol. The van der Waals surface area contributed by atoms with Crippen LogP contribution in [0.15, 0.2) is 24.4 Å². The standard InChI is InChI=1S/C18H20Cl2FN5O/c1-25(10-13-11-26(24-23-13)7-3-2-6-21)9-12-4-5-14-15(19)8-16(20)18(27)17(14)22-12/h4-5,8,11,27H,2-3,6-7,9-10H2,1H3. The smallest absolute Gasteiger partial charge is 0.160 e. The van der Waals surface area contributed by atoms with Crippen LogP contribution in [0.1, 0.15) is 24.2 Å². The lowest BCUT2D eigenvalue weighted by Crippen LogP contribution is -2.18. The van der Waals surface area contributed by atoms with Crippen molar-refractivity contribution in [2.24, 2.45) is 0 Å². The summed E-state index contributed by atoms with van der Waals surface area (Å²) >= 11 is 12.1. The number of pyridine rings is 1. The third-order valence-electron chi connectivity index (χ3n) is 4.13. The molecule has 3 aromatic rings. The number of aromatic hydroxyl groups is 1. The van der Waals surface area contributed by atoms with Crippen molar-refractivity contribution in [3.63, 3.8) is 0 Å². The molecule has 0 amide bonds. The zero-order valence-corrected chi connectivity index (χ0v) is 16.4. The van der Waals surface area contributed by atoms with Crippen LogP contribution in [0.25, 0.3) is 10.9 Å². The Hall–Kier alpha value is -1.96. The van der Waals surface area contributed by atoms with Gasteiger partial charge in [0.05, 0.1) is 28.1 Å². The van der Waals surface area contributed by atoms with Crippen molar-refractivity contribution in [3.8, 4) is 5.75 Å². The normalized spacial score (nSPS) is 11.6. The molecule has 1 N–H and O–H groups in total. The number of hydrogen-bond acceptors (Lipinski definition) is 5. The molecule has 9 heteroatoms. The molecule has 1 aromatic carbocycles. The Morgan fingerprint density at radius 1 is 1.15 bits per heavy atom. The fourth-order valence-corrected chi connectivity index (χ4v) is 3.34. The molecular formula is C18H20Cl2FN5O. The van der Waals surface area contributed by atoms with Gasteiger partial charge in [0.15, 0.2) is 5.75 Å². The third-order valence-corrected chi connectivity index (χ3v) is 4.74. The third kappa shape index (κ3) is 4.86. The van der Waals surface area contributed by atoms with Crippen molar-refractivity contribution in [2.75, 3.05) is 13.7 Å². The lowest BCUT2D eigenvalue weighted by atomic mass is 10.2. The van der Waals surface area contributed by atoms with Crippen LogP contribution in [0, 0.1) is 0 Å². The highest BCUT2D eigenvalue weighted by Gasteiger charge is 2.13. The second-order valence-electron chi connectivity index (χ2n) is 6.43. The van der Waals surface area contributed by atoms with Gasteiger partial charge in [0, 0.05) is 31.2 Å². The van der Waals surface area contributed by atoms with E-state index in [1.807, 2.05) is 30.3 Å². The van der Waals surface area contributed by atoms with E-state index in [0.717, 1.165) is 17.8 Å². The number of rotatable bonds is 8.